The summed E-state index contributed by atoms with van der Waals surface area (Å²) in [6.45, 7) is 0.530. The number of rotatable bonds is 6. The number of anilines is 1. The fraction of sp³-hybridized carbons (Fsp3) is 0.125. The van der Waals surface area contributed by atoms with Crippen LogP contribution in [0.2, 0.25) is 5.15 Å². The molecule has 2 heterocycles. The Bertz CT molecular complexity index is 849. The van der Waals surface area contributed by atoms with Crippen molar-refractivity contribution in [3.05, 3.63) is 65.1 Å². The first kappa shape index (κ1) is 15.9. The molecule has 3 N–H and O–H groups in total. The van der Waals surface area contributed by atoms with Crippen LogP contribution >= 0.6 is 11.6 Å². The monoisotopic (exact) mass is 342 g/mol. The standard InChI is InChI=1S/C16H15ClN6O/c17-14-10-13(15(18)24)16(21-20-14)19-8-6-11-7-9-23(22-11)12-4-2-1-3-5-12/h1-5,7,9-10H,6,8H2,(H2,18,24)(H,19,21). The molecule has 0 aliphatic rings. The zero-order valence-corrected chi connectivity index (χ0v) is 13.4. The molecule has 122 valence electrons. The van der Waals surface area contributed by atoms with Crippen LogP contribution in [0.15, 0.2) is 48.7 Å². The molecule has 0 fully saturated rings. The van der Waals surface area contributed by atoms with Gasteiger partial charge in [0, 0.05) is 19.2 Å². The Kier molecular flexibility index (Phi) is 4.72. The van der Waals surface area contributed by atoms with Crippen molar-refractivity contribution < 1.29 is 4.79 Å². The molecule has 0 saturated heterocycles. The Labute approximate surface area is 143 Å². The molecule has 1 aromatic carbocycles. The topological polar surface area (TPSA) is 98.7 Å². The molecular formula is C16H15ClN6O. The lowest BCUT2D eigenvalue weighted by atomic mass is 10.2. The number of carbonyl (C=O) groups excluding carboxylic acids is 1. The summed E-state index contributed by atoms with van der Waals surface area (Å²) in [6, 6.07) is 13.2. The van der Waals surface area contributed by atoms with E-state index >= 15 is 0 Å². The molecule has 0 spiro atoms. The third-order valence-electron chi connectivity index (χ3n) is 3.37. The van der Waals surface area contributed by atoms with E-state index in [1.165, 1.54) is 6.07 Å². The predicted octanol–water partition coefficient (Wildman–Crippen LogP) is 2.07. The summed E-state index contributed by atoms with van der Waals surface area (Å²) in [7, 11) is 0. The first-order valence-electron chi connectivity index (χ1n) is 7.30. The number of nitrogens with one attached hydrogen (secondary N) is 1. The molecule has 7 nitrogen and oxygen atoms in total. The van der Waals surface area contributed by atoms with Crippen LogP contribution in [-0.2, 0) is 6.42 Å². The van der Waals surface area contributed by atoms with Crippen LogP contribution in [0.4, 0.5) is 5.82 Å². The molecule has 24 heavy (non-hydrogen) atoms. The van der Waals surface area contributed by atoms with E-state index < -0.39 is 5.91 Å². The van der Waals surface area contributed by atoms with Crippen LogP contribution in [0.5, 0.6) is 0 Å². The summed E-state index contributed by atoms with van der Waals surface area (Å²) in [6.07, 6.45) is 2.56. The molecule has 0 bridgehead atoms. The maximum atomic E-state index is 11.4. The van der Waals surface area contributed by atoms with Gasteiger partial charge in [0.25, 0.3) is 5.91 Å². The summed E-state index contributed by atoms with van der Waals surface area (Å²) in [4.78, 5) is 11.4. The third-order valence-corrected chi connectivity index (χ3v) is 3.55. The number of benzene rings is 1. The molecule has 0 unspecified atom stereocenters. The SMILES string of the molecule is NC(=O)c1cc(Cl)nnc1NCCc1ccn(-c2ccccc2)n1. The van der Waals surface area contributed by atoms with Gasteiger partial charge in [-0.1, -0.05) is 29.8 Å². The van der Waals surface area contributed by atoms with Gasteiger partial charge in [0.2, 0.25) is 0 Å². The van der Waals surface area contributed by atoms with E-state index in [0.717, 1.165) is 11.4 Å². The van der Waals surface area contributed by atoms with Crippen molar-refractivity contribution in [2.24, 2.45) is 5.73 Å². The van der Waals surface area contributed by atoms with Crippen molar-refractivity contribution in [1.29, 1.82) is 0 Å². The highest BCUT2D eigenvalue weighted by Gasteiger charge is 2.11. The van der Waals surface area contributed by atoms with Gasteiger partial charge in [0.15, 0.2) is 11.0 Å². The lowest BCUT2D eigenvalue weighted by Crippen LogP contribution is -2.17. The second-order valence-electron chi connectivity index (χ2n) is 5.06. The van der Waals surface area contributed by atoms with Gasteiger partial charge in [-0.2, -0.15) is 5.10 Å². The van der Waals surface area contributed by atoms with Crippen molar-refractivity contribution in [2.75, 3.05) is 11.9 Å². The number of carbonyl (C=O) groups is 1. The highest BCUT2D eigenvalue weighted by atomic mass is 35.5. The van der Waals surface area contributed by atoms with E-state index in [1.807, 2.05) is 47.3 Å². The Morgan fingerprint density at radius 1 is 1.21 bits per heavy atom. The van der Waals surface area contributed by atoms with E-state index in [2.05, 4.69) is 20.6 Å². The van der Waals surface area contributed by atoms with Gasteiger partial charge in [0.05, 0.1) is 16.9 Å². The minimum Gasteiger partial charge on any atom is -0.368 e. The largest absolute Gasteiger partial charge is 0.368 e. The first-order chi connectivity index (χ1) is 11.6. The van der Waals surface area contributed by atoms with Gasteiger partial charge >= 0.3 is 0 Å². The second kappa shape index (κ2) is 7.10. The quantitative estimate of drug-likeness (QED) is 0.714. The van der Waals surface area contributed by atoms with E-state index in [0.29, 0.717) is 18.8 Å². The van der Waals surface area contributed by atoms with E-state index in [9.17, 15) is 4.79 Å². The number of hydrogen-bond donors (Lipinski definition) is 2. The van der Waals surface area contributed by atoms with Crippen LogP contribution in [0, 0.1) is 0 Å². The highest BCUT2D eigenvalue weighted by Crippen LogP contribution is 2.15. The summed E-state index contributed by atoms with van der Waals surface area (Å²) < 4.78 is 1.81. The fourth-order valence-electron chi connectivity index (χ4n) is 2.21. The van der Waals surface area contributed by atoms with Crippen LogP contribution < -0.4 is 11.1 Å². The number of nitrogens with zero attached hydrogens (tertiary/aromatic N) is 4. The van der Waals surface area contributed by atoms with Gasteiger partial charge in [0.1, 0.15) is 0 Å². The Balaban J connectivity index is 1.64. The molecule has 0 radical (unpaired) electrons. The average molecular weight is 343 g/mol. The maximum Gasteiger partial charge on any atom is 0.252 e. The number of halogens is 1. The maximum absolute atomic E-state index is 11.4. The molecule has 3 rings (SSSR count). The number of nitrogens with two attached hydrogens (primary N) is 1. The summed E-state index contributed by atoms with van der Waals surface area (Å²) in [5.74, 6) is -0.294. The smallest absolute Gasteiger partial charge is 0.252 e. The van der Waals surface area contributed by atoms with Gasteiger partial charge in [-0.3, -0.25) is 4.79 Å². The molecule has 0 atom stereocenters. The fourth-order valence-corrected chi connectivity index (χ4v) is 2.36. The minimum absolute atomic E-state index is 0.121. The van der Waals surface area contributed by atoms with Gasteiger partial charge in [-0.05, 0) is 24.3 Å². The normalized spacial score (nSPS) is 10.5. The van der Waals surface area contributed by atoms with E-state index in [-0.39, 0.29) is 10.7 Å². The van der Waals surface area contributed by atoms with Gasteiger partial charge in [-0.25, -0.2) is 4.68 Å². The Morgan fingerprint density at radius 3 is 2.75 bits per heavy atom. The number of aromatic nitrogens is 4. The van der Waals surface area contributed by atoms with E-state index in [1.54, 1.807) is 0 Å². The van der Waals surface area contributed by atoms with Crippen LogP contribution in [0.3, 0.4) is 0 Å². The lowest BCUT2D eigenvalue weighted by molar-refractivity contribution is 0.100. The molecule has 0 saturated carbocycles. The number of amides is 1. The van der Waals surface area contributed by atoms with Gasteiger partial charge in [-0.15, -0.1) is 10.2 Å². The van der Waals surface area contributed by atoms with Crippen LogP contribution in [-0.4, -0.2) is 32.4 Å². The number of primary amides is 1. The van der Waals surface area contributed by atoms with Crippen molar-refractivity contribution >= 4 is 23.3 Å². The Morgan fingerprint density at radius 2 is 2.00 bits per heavy atom. The lowest BCUT2D eigenvalue weighted by Gasteiger charge is -2.07. The predicted molar refractivity (Wildman–Crippen MR) is 91.3 cm³/mol. The van der Waals surface area contributed by atoms with Gasteiger partial charge < -0.3 is 11.1 Å². The van der Waals surface area contributed by atoms with Crippen molar-refractivity contribution in [3.8, 4) is 5.69 Å². The summed E-state index contributed by atoms with van der Waals surface area (Å²) in [5, 5.41) is 15.3. The van der Waals surface area contributed by atoms with Crippen molar-refractivity contribution in [2.45, 2.75) is 6.42 Å². The highest BCUT2D eigenvalue weighted by molar-refractivity contribution is 6.29. The van der Waals surface area contributed by atoms with Crippen molar-refractivity contribution in [3.63, 3.8) is 0 Å². The molecule has 8 heteroatoms. The zero-order chi connectivity index (χ0) is 16.9. The molecule has 1 amide bonds. The zero-order valence-electron chi connectivity index (χ0n) is 12.7. The molecule has 0 aliphatic carbocycles. The molecule has 2 aromatic heterocycles. The minimum atomic E-state index is -0.609. The van der Waals surface area contributed by atoms with E-state index in [4.69, 9.17) is 17.3 Å². The molecule has 0 aliphatic heterocycles. The summed E-state index contributed by atoms with van der Waals surface area (Å²) in [5.41, 5.74) is 7.43. The first-order valence-corrected chi connectivity index (χ1v) is 7.68. The number of para-hydroxylation sites is 1. The third kappa shape index (κ3) is 3.69. The molecular weight excluding hydrogens is 328 g/mol. The molecule has 3 aromatic rings. The number of hydrogen-bond acceptors (Lipinski definition) is 5. The second-order valence-corrected chi connectivity index (χ2v) is 5.44. The summed E-state index contributed by atoms with van der Waals surface area (Å²) >= 11 is 5.73. The van der Waals surface area contributed by atoms with Crippen LogP contribution in [0.25, 0.3) is 5.69 Å². The Hall–Kier alpha value is -2.93. The van der Waals surface area contributed by atoms with Crippen molar-refractivity contribution in [1.82, 2.24) is 20.0 Å². The average Bonchev–Trinajstić information content (AvgIpc) is 3.06. The van der Waals surface area contributed by atoms with Crippen LogP contribution in [0.1, 0.15) is 16.1 Å².